The summed E-state index contributed by atoms with van der Waals surface area (Å²) in [5.41, 5.74) is 5.43. The van der Waals surface area contributed by atoms with Gasteiger partial charge in [0.2, 0.25) is 0 Å². The van der Waals surface area contributed by atoms with Gasteiger partial charge < -0.3 is 10.6 Å². The zero-order valence-electron chi connectivity index (χ0n) is 12.0. The van der Waals surface area contributed by atoms with Gasteiger partial charge in [0.05, 0.1) is 5.84 Å². The first-order valence-corrected chi connectivity index (χ1v) is 7.74. The minimum atomic E-state index is -0.149. The Morgan fingerprint density at radius 3 is 2.53 bits per heavy atom. The molecule has 0 bridgehead atoms. The van der Waals surface area contributed by atoms with E-state index >= 15 is 0 Å². The smallest absolute Gasteiger partial charge is 0.0963 e. The van der Waals surface area contributed by atoms with E-state index in [0.717, 1.165) is 19.4 Å². The van der Waals surface area contributed by atoms with Gasteiger partial charge in [-0.2, -0.15) is 11.8 Å². The van der Waals surface area contributed by atoms with E-state index in [0.29, 0.717) is 11.9 Å². The van der Waals surface area contributed by atoms with Gasteiger partial charge in [-0.1, -0.05) is 13.8 Å². The van der Waals surface area contributed by atoms with Crippen LogP contribution in [0.3, 0.4) is 0 Å². The number of hydrogen-bond donors (Lipinski definition) is 2. The van der Waals surface area contributed by atoms with Crippen molar-refractivity contribution in [3.8, 4) is 0 Å². The molecule has 0 fully saturated rings. The molecule has 4 heteroatoms. The first kappa shape index (κ1) is 16.8. The molecule has 1 unspecified atom stereocenters. The van der Waals surface area contributed by atoms with Crippen molar-refractivity contribution in [3.63, 3.8) is 0 Å². The van der Waals surface area contributed by atoms with Crippen LogP contribution in [0.25, 0.3) is 0 Å². The quantitative estimate of drug-likeness (QED) is 0.494. The molecule has 0 rings (SSSR count). The molecule has 0 aliphatic carbocycles. The molecule has 0 aromatic rings. The van der Waals surface area contributed by atoms with Gasteiger partial charge in [-0.25, -0.2) is 0 Å². The Morgan fingerprint density at radius 2 is 2.06 bits per heavy atom. The number of nitrogens with two attached hydrogens (primary N) is 1. The maximum atomic E-state index is 7.52. The third-order valence-electron chi connectivity index (χ3n) is 3.53. The van der Waals surface area contributed by atoms with Crippen LogP contribution < -0.4 is 5.73 Å². The lowest BCUT2D eigenvalue weighted by molar-refractivity contribution is 0.239. The Hall–Kier alpha value is -0.220. The molecule has 0 aliphatic heterocycles. The van der Waals surface area contributed by atoms with Gasteiger partial charge in [-0.3, -0.25) is 5.41 Å². The lowest BCUT2D eigenvalue weighted by atomic mass is 9.86. The van der Waals surface area contributed by atoms with Crippen LogP contribution in [-0.4, -0.2) is 42.4 Å². The minimum Gasteiger partial charge on any atom is -0.387 e. The van der Waals surface area contributed by atoms with Crippen molar-refractivity contribution >= 4 is 17.6 Å². The summed E-state index contributed by atoms with van der Waals surface area (Å²) in [5, 5.41) is 7.52. The number of hydrogen-bond acceptors (Lipinski definition) is 3. The van der Waals surface area contributed by atoms with E-state index in [4.69, 9.17) is 11.1 Å². The zero-order chi connectivity index (χ0) is 13.5. The number of nitrogens with zero attached hydrogens (tertiary/aromatic N) is 1. The summed E-state index contributed by atoms with van der Waals surface area (Å²) in [7, 11) is 2.19. The molecule has 0 saturated heterocycles. The molecular weight excluding hydrogens is 230 g/mol. The lowest BCUT2D eigenvalue weighted by Gasteiger charge is -2.27. The second-order valence-corrected chi connectivity index (χ2v) is 6.50. The average molecular weight is 259 g/mol. The second kappa shape index (κ2) is 7.98. The molecule has 17 heavy (non-hydrogen) atoms. The van der Waals surface area contributed by atoms with E-state index in [2.05, 4.69) is 25.1 Å². The molecule has 1 atom stereocenters. The van der Waals surface area contributed by atoms with Crippen molar-refractivity contribution < 1.29 is 0 Å². The predicted octanol–water partition coefficient (Wildman–Crippen LogP) is 2.80. The molecule has 0 aromatic carbocycles. The standard InChI is InChI=1S/C13H29N3S/c1-11(7-10-17-5)16(4)9-6-8-13(2,3)12(14)15/h11H,6-10H2,1-5H3,(H3,14,15). The molecule has 0 spiro atoms. The van der Waals surface area contributed by atoms with Crippen molar-refractivity contribution in [2.75, 3.05) is 25.6 Å². The molecule has 3 nitrogen and oxygen atoms in total. The normalized spacial score (nSPS) is 14.0. The molecule has 0 saturated carbocycles. The molecule has 0 amide bonds. The van der Waals surface area contributed by atoms with Gasteiger partial charge in [0.25, 0.3) is 0 Å². The Labute approximate surface area is 111 Å². The summed E-state index contributed by atoms with van der Waals surface area (Å²) in [5.74, 6) is 1.53. The monoisotopic (exact) mass is 259 g/mol. The van der Waals surface area contributed by atoms with Crippen LogP contribution in [-0.2, 0) is 0 Å². The van der Waals surface area contributed by atoms with Crippen molar-refractivity contribution in [2.24, 2.45) is 11.1 Å². The fraction of sp³-hybridized carbons (Fsp3) is 0.923. The largest absolute Gasteiger partial charge is 0.387 e. The van der Waals surface area contributed by atoms with Gasteiger partial charge in [0.1, 0.15) is 0 Å². The van der Waals surface area contributed by atoms with E-state index in [1.54, 1.807) is 0 Å². The van der Waals surface area contributed by atoms with Gasteiger partial charge >= 0.3 is 0 Å². The van der Waals surface area contributed by atoms with Crippen molar-refractivity contribution in [1.29, 1.82) is 5.41 Å². The average Bonchev–Trinajstić information content (AvgIpc) is 2.25. The highest BCUT2D eigenvalue weighted by Crippen LogP contribution is 2.22. The summed E-state index contributed by atoms with van der Waals surface area (Å²) < 4.78 is 0. The fourth-order valence-electron chi connectivity index (χ4n) is 1.63. The van der Waals surface area contributed by atoms with Gasteiger partial charge in [0, 0.05) is 11.5 Å². The molecule has 0 aliphatic rings. The van der Waals surface area contributed by atoms with Crippen LogP contribution in [0, 0.1) is 10.8 Å². The van der Waals surface area contributed by atoms with Gasteiger partial charge in [-0.05, 0) is 51.8 Å². The van der Waals surface area contributed by atoms with E-state index in [9.17, 15) is 0 Å². The SMILES string of the molecule is CSCCC(C)N(C)CCCC(C)(C)C(=N)N. The number of rotatable bonds is 9. The van der Waals surface area contributed by atoms with Crippen LogP contribution in [0.4, 0.5) is 0 Å². The van der Waals surface area contributed by atoms with Gasteiger partial charge in [0.15, 0.2) is 0 Å². The van der Waals surface area contributed by atoms with Crippen LogP contribution in [0.5, 0.6) is 0 Å². The first-order chi connectivity index (χ1) is 7.81. The summed E-state index contributed by atoms with van der Waals surface area (Å²) in [6, 6.07) is 0.642. The third kappa shape index (κ3) is 6.94. The Bertz CT molecular complexity index is 229. The number of nitrogens with one attached hydrogen (secondary N) is 1. The summed E-state index contributed by atoms with van der Waals surface area (Å²) in [6.45, 7) is 7.47. The molecule has 0 radical (unpaired) electrons. The molecule has 0 aromatic heterocycles. The Morgan fingerprint density at radius 1 is 1.47 bits per heavy atom. The maximum absolute atomic E-state index is 7.52. The summed E-state index contributed by atoms with van der Waals surface area (Å²) in [6.07, 6.45) is 5.49. The van der Waals surface area contributed by atoms with Crippen molar-refractivity contribution in [3.05, 3.63) is 0 Å². The van der Waals surface area contributed by atoms with E-state index in [-0.39, 0.29) is 5.41 Å². The highest BCUT2D eigenvalue weighted by molar-refractivity contribution is 7.98. The molecule has 0 heterocycles. The lowest BCUT2D eigenvalue weighted by Crippen LogP contribution is -2.34. The van der Waals surface area contributed by atoms with Crippen LogP contribution in [0.15, 0.2) is 0 Å². The van der Waals surface area contributed by atoms with E-state index in [1.807, 2.05) is 25.6 Å². The molecule has 102 valence electrons. The molecule has 3 N–H and O–H groups in total. The second-order valence-electron chi connectivity index (χ2n) is 5.51. The van der Waals surface area contributed by atoms with Crippen LogP contribution in [0.1, 0.15) is 40.0 Å². The van der Waals surface area contributed by atoms with Crippen molar-refractivity contribution in [2.45, 2.75) is 46.1 Å². The van der Waals surface area contributed by atoms with Crippen LogP contribution in [0.2, 0.25) is 0 Å². The Balaban J connectivity index is 3.84. The topological polar surface area (TPSA) is 53.1 Å². The highest BCUT2D eigenvalue weighted by atomic mass is 32.2. The molecular formula is C13H29N3S. The Kier molecular flexibility index (Phi) is 7.88. The minimum absolute atomic E-state index is 0.149. The zero-order valence-corrected chi connectivity index (χ0v) is 12.9. The van der Waals surface area contributed by atoms with Crippen LogP contribution >= 0.6 is 11.8 Å². The summed E-state index contributed by atoms with van der Waals surface area (Å²) >= 11 is 1.91. The highest BCUT2D eigenvalue weighted by Gasteiger charge is 2.21. The number of amidine groups is 1. The van der Waals surface area contributed by atoms with E-state index < -0.39 is 0 Å². The maximum Gasteiger partial charge on any atom is 0.0963 e. The van der Waals surface area contributed by atoms with Crippen molar-refractivity contribution in [1.82, 2.24) is 4.90 Å². The predicted molar refractivity (Wildman–Crippen MR) is 80.0 cm³/mol. The third-order valence-corrected chi connectivity index (χ3v) is 4.18. The fourth-order valence-corrected chi connectivity index (χ4v) is 2.21. The first-order valence-electron chi connectivity index (χ1n) is 6.35. The van der Waals surface area contributed by atoms with Gasteiger partial charge in [-0.15, -0.1) is 0 Å². The number of thioether (sulfide) groups is 1. The summed E-state index contributed by atoms with van der Waals surface area (Å²) in [4.78, 5) is 2.41. The van der Waals surface area contributed by atoms with E-state index in [1.165, 1.54) is 12.2 Å².